The number of hydrogen-bond donors (Lipinski definition) is 0. The summed E-state index contributed by atoms with van der Waals surface area (Å²) in [6, 6.07) is 6.41. The number of hydrogen-bond acceptors (Lipinski definition) is 0. The third-order valence-corrected chi connectivity index (χ3v) is 3.05. The molecule has 1 aromatic rings. The van der Waals surface area contributed by atoms with Crippen molar-refractivity contribution in [3.8, 4) is 0 Å². The smallest absolute Gasteiger partial charge is 0.0747 e. The zero-order chi connectivity index (χ0) is 9.35. The minimum Gasteiger partial charge on any atom is -0.0747 e. The van der Waals surface area contributed by atoms with Crippen molar-refractivity contribution in [2.75, 3.05) is 0 Å². The molecule has 12 heavy (non-hydrogen) atoms. The average molecular weight is 225 g/mol. The summed E-state index contributed by atoms with van der Waals surface area (Å²) in [7, 11) is 2.12. The van der Waals surface area contributed by atoms with E-state index in [0.717, 1.165) is 0 Å². The molecule has 0 unspecified atom stereocenters. The van der Waals surface area contributed by atoms with Gasteiger partial charge in [-0.3, -0.25) is 0 Å². The van der Waals surface area contributed by atoms with E-state index in [2.05, 4.69) is 62.7 Å². The fourth-order valence-corrected chi connectivity index (χ4v) is 2.09. The van der Waals surface area contributed by atoms with Gasteiger partial charge in [0.05, 0.1) is 0 Å². The minimum absolute atomic E-state index is 0.227. The molecule has 0 fully saturated rings. The van der Waals surface area contributed by atoms with E-state index in [1.165, 1.54) is 15.5 Å². The zero-order valence-electron chi connectivity index (χ0n) is 8.11. The topological polar surface area (TPSA) is 0 Å². The highest BCUT2D eigenvalue weighted by molar-refractivity contribution is 9.10. The van der Waals surface area contributed by atoms with Crippen molar-refractivity contribution < 1.29 is 0 Å². The third kappa shape index (κ3) is 1.92. The van der Waals surface area contributed by atoms with Gasteiger partial charge >= 0.3 is 0 Å². The highest BCUT2D eigenvalue weighted by atomic mass is 79.9. The Bertz CT molecular complexity index is 286. The summed E-state index contributed by atoms with van der Waals surface area (Å²) in [6.07, 6.45) is 0. The third-order valence-electron chi connectivity index (χ3n) is 2.00. The molecule has 0 aliphatic rings. The van der Waals surface area contributed by atoms with Crippen molar-refractivity contribution in [3.63, 3.8) is 0 Å². The summed E-state index contributed by atoms with van der Waals surface area (Å²) in [4.78, 5) is 0. The van der Waals surface area contributed by atoms with Gasteiger partial charge in [0, 0.05) is 4.47 Å². The van der Waals surface area contributed by atoms with Crippen LogP contribution in [0.2, 0.25) is 0 Å². The van der Waals surface area contributed by atoms with E-state index in [0.29, 0.717) is 0 Å². The van der Waals surface area contributed by atoms with Gasteiger partial charge < -0.3 is 0 Å². The first-order chi connectivity index (χ1) is 5.43. The van der Waals surface area contributed by atoms with Crippen molar-refractivity contribution >= 4 is 29.2 Å². The average Bonchev–Trinajstić information content (AvgIpc) is 1.92. The molecule has 0 N–H and O–H groups in total. The van der Waals surface area contributed by atoms with E-state index in [4.69, 9.17) is 0 Å². The lowest BCUT2D eigenvalue weighted by Gasteiger charge is -2.21. The molecule has 0 aliphatic heterocycles. The van der Waals surface area contributed by atoms with Crippen LogP contribution in [-0.2, 0) is 5.41 Å². The van der Waals surface area contributed by atoms with Crippen LogP contribution in [0.1, 0.15) is 26.3 Å². The van der Waals surface area contributed by atoms with Gasteiger partial charge in [0.15, 0.2) is 0 Å². The van der Waals surface area contributed by atoms with Crippen LogP contribution in [0.5, 0.6) is 0 Å². The Morgan fingerprint density at radius 3 is 2.25 bits per heavy atom. The molecule has 0 radical (unpaired) electrons. The molecular weight excluding hydrogens is 211 g/mol. The van der Waals surface area contributed by atoms with Crippen molar-refractivity contribution in [2.45, 2.75) is 26.2 Å². The molecular formula is C10H14BBr. The molecule has 0 saturated carbocycles. The number of rotatable bonds is 0. The fourth-order valence-electron chi connectivity index (χ4n) is 1.23. The van der Waals surface area contributed by atoms with Gasteiger partial charge in [-0.05, 0) is 11.0 Å². The lowest BCUT2D eigenvalue weighted by molar-refractivity contribution is 0.588. The molecule has 0 nitrogen and oxygen atoms in total. The Morgan fingerprint density at radius 2 is 1.83 bits per heavy atom. The number of benzene rings is 1. The molecule has 0 spiro atoms. The molecule has 0 atom stereocenters. The van der Waals surface area contributed by atoms with Gasteiger partial charge in [-0.15, -0.1) is 0 Å². The summed E-state index contributed by atoms with van der Waals surface area (Å²) >= 11 is 3.62. The minimum atomic E-state index is 0.227. The van der Waals surface area contributed by atoms with Crippen LogP contribution in [0, 0.1) is 0 Å². The summed E-state index contributed by atoms with van der Waals surface area (Å²) in [5, 5.41) is 0. The van der Waals surface area contributed by atoms with Crippen LogP contribution in [0.25, 0.3) is 0 Å². The van der Waals surface area contributed by atoms with Crippen LogP contribution in [-0.4, -0.2) is 7.85 Å². The fraction of sp³-hybridized carbons (Fsp3) is 0.400. The predicted molar refractivity (Wildman–Crippen MR) is 61.0 cm³/mol. The summed E-state index contributed by atoms with van der Waals surface area (Å²) in [5.41, 5.74) is 2.91. The Labute approximate surface area is 83.9 Å². The van der Waals surface area contributed by atoms with Gasteiger partial charge in [-0.1, -0.05) is 60.4 Å². The lowest BCUT2D eigenvalue weighted by Crippen LogP contribution is -2.17. The van der Waals surface area contributed by atoms with Gasteiger partial charge in [0.2, 0.25) is 0 Å². The Kier molecular flexibility index (Phi) is 2.67. The van der Waals surface area contributed by atoms with E-state index in [1.54, 1.807) is 0 Å². The second-order valence-electron chi connectivity index (χ2n) is 4.19. The predicted octanol–water partition coefficient (Wildman–Crippen LogP) is 2.00. The van der Waals surface area contributed by atoms with E-state index < -0.39 is 0 Å². The molecule has 0 saturated heterocycles. The first-order valence-electron chi connectivity index (χ1n) is 4.18. The maximum absolute atomic E-state index is 3.62. The van der Waals surface area contributed by atoms with Crippen LogP contribution in [0.15, 0.2) is 22.7 Å². The van der Waals surface area contributed by atoms with Crippen LogP contribution in [0.3, 0.4) is 0 Å². The summed E-state index contributed by atoms with van der Waals surface area (Å²) in [6.45, 7) is 6.69. The molecule has 64 valence electrons. The van der Waals surface area contributed by atoms with Gasteiger partial charge in [0.25, 0.3) is 0 Å². The maximum atomic E-state index is 3.62. The quantitative estimate of drug-likeness (QED) is 0.592. The van der Waals surface area contributed by atoms with Gasteiger partial charge in [0.1, 0.15) is 7.85 Å². The lowest BCUT2D eigenvalue weighted by atomic mass is 9.83. The number of halogens is 1. The van der Waals surface area contributed by atoms with E-state index in [9.17, 15) is 0 Å². The molecule has 0 heterocycles. The monoisotopic (exact) mass is 224 g/mol. The molecule has 0 aromatic heterocycles. The van der Waals surface area contributed by atoms with Gasteiger partial charge in [-0.2, -0.15) is 0 Å². The van der Waals surface area contributed by atoms with Crippen molar-refractivity contribution in [1.29, 1.82) is 0 Å². The standard InChI is InChI=1S/C10H14BBr/c1-10(2,3)7-5-4-6-8(11)9(7)12/h4-6H,11H2,1-3H3. The SMILES string of the molecule is Bc1cccc(C(C)(C)C)c1Br. The van der Waals surface area contributed by atoms with Gasteiger partial charge in [-0.25, -0.2) is 0 Å². The van der Waals surface area contributed by atoms with Crippen LogP contribution >= 0.6 is 15.9 Å². The van der Waals surface area contributed by atoms with Crippen LogP contribution in [0.4, 0.5) is 0 Å². The van der Waals surface area contributed by atoms with E-state index in [1.807, 2.05) is 0 Å². The largest absolute Gasteiger partial charge is 0.140 e. The second-order valence-corrected chi connectivity index (χ2v) is 4.98. The van der Waals surface area contributed by atoms with Crippen LogP contribution < -0.4 is 5.46 Å². The summed E-state index contributed by atoms with van der Waals surface area (Å²) in [5.74, 6) is 0. The first-order valence-corrected chi connectivity index (χ1v) is 4.98. The van der Waals surface area contributed by atoms with Crippen molar-refractivity contribution in [3.05, 3.63) is 28.2 Å². The highest BCUT2D eigenvalue weighted by Gasteiger charge is 2.16. The Balaban J connectivity index is 3.26. The first kappa shape index (κ1) is 9.85. The Morgan fingerprint density at radius 1 is 1.25 bits per heavy atom. The second kappa shape index (κ2) is 3.25. The molecule has 2 heteroatoms. The Hall–Kier alpha value is -0.235. The van der Waals surface area contributed by atoms with E-state index in [-0.39, 0.29) is 5.41 Å². The van der Waals surface area contributed by atoms with E-state index >= 15 is 0 Å². The molecule has 1 aromatic carbocycles. The molecule has 1 rings (SSSR count). The van der Waals surface area contributed by atoms with Crippen molar-refractivity contribution in [2.24, 2.45) is 0 Å². The normalized spacial score (nSPS) is 11.7. The maximum Gasteiger partial charge on any atom is 0.140 e. The molecule has 0 bridgehead atoms. The highest BCUT2D eigenvalue weighted by Crippen LogP contribution is 2.27. The molecule has 0 aliphatic carbocycles. The summed E-state index contributed by atoms with van der Waals surface area (Å²) < 4.78 is 1.25. The zero-order valence-corrected chi connectivity index (χ0v) is 9.70. The van der Waals surface area contributed by atoms with Crippen molar-refractivity contribution in [1.82, 2.24) is 0 Å². The molecule has 0 amide bonds.